The lowest BCUT2D eigenvalue weighted by Gasteiger charge is -2.07. The van der Waals surface area contributed by atoms with E-state index in [-0.39, 0.29) is 6.61 Å². The molecule has 0 spiro atoms. The Labute approximate surface area is 87.2 Å². The standard InChI is InChI=1S/C11H10N2O2/c14-8-9-3-1-2-4-10(9)15-11-7-12-5-6-13-11/h1-7,14H,8H2. The number of nitrogens with zero attached hydrogens (tertiary/aromatic N) is 2. The van der Waals surface area contributed by atoms with Crippen LogP contribution in [0.1, 0.15) is 5.56 Å². The summed E-state index contributed by atoms with van der Waals surface area (Å²) in [6, 6.07) is 7.26. The van der Waals surface area contributed by atoms with Crippen molar-refractivity contribution in [3.8, 4) is 11.6 Å². The largest absolute Gasteiger partial charge is 0.437 e. The van der Waals surface area contributed by atoms with Crippen LogP contribution in [0.2, 0.25) is 0 Å². The van der Waals surface area contributed by atoms with Crippen LogP contribution < -0.4 is 4.74 Å². The van der Waals surface area contributed by atoms with Gasteiger partial charge in [-0.1, -0.05) is 18.2 Å². The SMILES string of the molecule is OCc1ccccc1Oc1cnccn1. The number of para-hydroxylation sites is 1. The van der Waals surface area contributed by atoms with Gasteiger partial charge in [-0.15, -0.1) is 0 Å². The Morgan fingerprint density at radius 3 is 2.80 bits per heavy atom. The lowest BCUT2D eigenvalue weighted by atomic mass is 10.2. The molecule has 0 fully saturated rings. The first-order valence-electron chi connectivity index (χ1n) is 4.53. The molecule has 1 N–H and O–H groups in total. The summed E-state index contributed by atoms with van der Waals surface area (Å²) in [5.74, 6) is 1.01. The van der Waals surface area contributed by atoms with Crippen molar-refractivity contribution in [1.29, 1.82) is 0 Å². The van der Waals surface area contributed by atoms with Crippen LogP contribution >= 0.6 is 0 Å². The number of rotatable bonds is 3. The summed E-state index contributed by atoms with van der Waals surface area (Å²) in [5, 5.41) is 9.08. The summed E-state index contributed by atoms with van der Waals surface area (Å²) in [5.41, 5.74) is 0.725. The first kappa shape index (κ1) is 9.61. The van der Waals surface area contributed by atoms with Crippen LogP contribution in [0.3, 0.4) is 0 Å². The molecule has 0 bridgehead atoms. The van der Waals surface area contributed by atoms with Crippen molar-refractivity contribution in [1.82, 2.24) is 9.97 Å². The van der Waals surface area contributed by atoms with E-state index in [0.717, 1.165) is 5.56 Å². The van der Waals surface area contributed by atoms with E-state index in [2.05, 4.69) is 9.97 Å². The Hall–Kier alpha value is -1.94. The molecular formula is C11H10N2O2. The van der Waals surface area contributed by atoms with Gasteiger partial charge in [-0.25, -0.2) is 4.98 Å². The maximum Gasteiger partial charge on any atom is 0.237 e. The third kappa shape index (κ3) is 2.30. The Kier molecular flexibility index (Phi) is 2.90. The van der Waals surface area contributed by atoms with E-state index in [9.17, 15) is 0 Å². The van der Waals surface area contributed by atoms with Crippen molar-refractivity contribution < 1.29 is 9.84 Å². The second-order valence-electron chi connectivity index (χ2n) is 2.91. The van der Waals surface area contributed by atoms with Gasteiger partial charge < -0.3 is 9.84 Å². The Morgan fingerprint density at radius 2 is 2.07 bits per heavy atom. The Balaban J connectivity index is 2.24. The normalized spacial score (nSPS) is 9.93. The van der Waals surface area contributed by atoms with Crippen molar-refractivity contribution in [2.75, 3.05) is 0 Å². The van der Waals surface area contributed by atoms with Gasteiger partial charge in [0.1, 0.15) is 5.75 Å². The fourth-order valence-corrected chi connectivity index (χ4v) is 1.18. The van der Waals surface area contributed by atoms with Crippen molar-refractivity contribution in [2.24, 2.45) is 0 Å². The predicted molar refractivity (Wildman–Crippen MR) is 54.5 cm³/mol. The van der Waals surface area contributed by atoms with Gasteiger partial charge >= 0.3 is 0 Å². The number of benzene rings is 1. The molecule has 0 unspecified atom stereocenters. The lowest BCUT2D eigenvalue weighted by molar-refractivity contribution is 0.276. The van der Waals surface area contributed by atoms with Crippen LogP contribution in [0, 0.1) is 0 Å². The summed E-state index contributed by atoms with van der Waals surface area (Å²) < 4.78 is 5.47. The highest BCUT2D eigenvalue weighted by molar-refractivity contribution is 5.34. The molecule has 4 heteroatoms. The molecule has 0 aliphatic heterocycles. The summed E-state index contributed by atoms with van der Waals surface area (Å²) in [6.45, 7) is -0.0591. The van der Waals surface area contributed by atoms with Gasteiger partial charge in [-0.05, 0) is 6.07 Å². The Morgan fingerprint density at radius 1 is 1.20 bits per heavy atom. The number of hydrogen-bond donors (Lipinski definition) is 1. The fraction of sp³-hybridized carbons (Fsp3) is 0.0909. The summed E-state index contributed by atoms with van der Waals surface area (Å²) in [6.07, 6.45) is 4.65. The molecule has 0 aliphatic carbocycles. The van der Waals surface area contributed by atoms with Crippen molar-refractivity contribution >= 4 is 0 Å². The van der Waals surface area contributed by atoms with Gasteiger partial charge in [0, 0.05) is 18.0 Å². The molecule has 0 saturated carbocycles. The van der Waals surface area contributed by atoms with E-state index in [0.29, 0.717) is 11.6 Å². The minimum Gasteiger partial charge on any atom is -0.437 e. The molecule has 0 radical (unpaired) electrons. The van der Waals surface area contributed by atoms with E-state index in [1.165, 1.54) is 6.20 Å². The summed E-state index contributed by atoms with van der Waals surface area (Å²) >= 11 is 0. The molecule has 4 nitrogen and oxygen atoms in total. The Bertz CT molecular complexity index is 432. The number of aliphatic hydroxyl groups is 1. The van der Waals surface area contributed by atoms with Gasteiger partial charge in [0.25, 0.3) is 0 Å². The summed E-state index contributed by atoms with van der Waals surface area (Å²) in [4.78, 5) is 7.87. The average Bonchev–Trinajstić information content (AvgIpc) is 2.31. The minimum absolute atomic E-state index is 0.0591. The van der Waals surface area contributed by atoms with Crippen LogP contribution in [0.25, 0.3) is 0 Å². The number of aliphatic hydroxyl groups excluding tert-OH is 1. The van der Waals surface area contributed by atoms with E-state index >= 15 is 0 Å². The van der Waals surface area contributed by atoms with Gasteiger partial charge in [0.2, 0.25) is 5.88 Å². The highest BCUT2D eigenvalue weighted by Crippen LogP contribution is 2.22. The molecule has 76 valence electrons. The molecule has 1 aromatic heterocycles. The monoisotopic (exact) mass is 202 g/mol. The zero-order valence-corrected chi connectivity index (χ0v) is 8.00. The van der Waals surface area contributed by atoms with Gasteiger partial charge in [-0.3, -0.25) is 4.98 Å². The van der Waals surface area contributed by atoms with Gasteiger partial charge in [0.15, 0.2) is 0 Å². The van der Waals surface area contributed by atoms with Crippen molar-refractivity contribution in [2.45, 2.75) is 6.61 Å². The zero-order chi connectivity index (χ0) is 10.5. The fourth-order valence-electron chi connectivity index (χ4n) is 1.18. The molecule has 0 aliphatic rings. The van der Waals surface area contributed by atoms with E-state index in [1.807, 2.05) is 12.1 Å². The predicted octanol–water partition coefficient (Wildman–Crippen LogP) is 1.76. The second-order valence-corrected chi connectivity index (χ2v) is 2.91. The van der Waals surface area contributed by atoms with Crippen LogP contribution in [0.5, 0.6) is 11.6 Å². The molecule has 0 amide bonds. The van der Waals surface area contributed by atoms with Crippen LogP contribution in [0.15, 0.2) is 42.9 Å². The molecule has 2 aromatic rings. The second kappa shape index (κ2) is 4.52. The summed E-state index contributed by atoms with van der Waals surface area (Å²) in [7, 11) is 0. The maximum absolute atomic E-state index is 9.08. The smallest absolute Gasteiger partial charge is 0.237 e. The molecule has 1 aromatic carbocycles. The molecular weight excluding hydrogens is 192 g/mol. The highest BCUT2D eigenvalue weighted by atomic mass is 16.5. The van der Waals surface area contributed by atoms with Crippen LogP contribution in [-0.4, -0.2) is 15.1 Å². The number of hydrogen-bond acceptors (Lipinski definition) is 4. The third-order valence-corrected chi connectivity index (χ3v) is 1.90. The van der Waals surface area contributed by atoms with Gasteiger partial charge in [0.05, 0.1) is 12.8 Å². The molecule has 1 heterocycles. The molecule has 2 rings (SSSR count). The van der Waals surface area contributed by atoms with Gasteiger partial charge in [-0.2, -0.15) is 0 Å². The number of aromatic nitrogens is 2. The topological polar surface area (TPSA) is 55.2 Å². The lowest BCUT2D eigenvalue weighted by Crippen LogP contribution is -1.93. The molecule has 15 heavy (non-hydrogen) atoms. The van der Waals surface area contributed by atoms with Crippen LogP contribution in [0.4, 0.5) is 0 Å². The number of ether oxygens (including phenoxy) is 1. The van der Waals surface area contributed by atoms with Crippen molar-refractivity contribution in [3.63, 3.8) is 0 Å². The average molecular weight is 202 g/mol. The maximum atomic E-state index is 9.08. The quantitative estimate of drug-likeness (QED) is 0.823. The van der Waals surface area contributed by atoms with E-state index < -0.39 is 0 Å². The third-order valence-electron chi connectivity index (χ3n) is 1.90. The molecule has 0 saturated heterocycles. The first-order chi connectivity index (χ1) is 7.40. The van der Waals surface area contributed by atoms with Crippen LogP contribution in [-0.2, 0) is 6.61 Å². The molecule has 0 atom stereocenters. The zero-order valence-electron chi connectivity index (χ0n) is 8.00. The van der Waals surface area contributed by atoms with E-state index in [1.54, 1.807) is 24.5 Å². The highest BCUT2D eigenvalue weighted by Gasteiger charge is 2.03. The van der Waals surface area contributed by atoms with E-state index in [4.69, 9.17) is 9.84 Å². The first-order valence-corrected chi connectivity index (χ1v) is 4.53. The minimum atomic E-state index is -0.0591. The van der Waals surface area contributed by atoms with Crippen molar-refractivity contribution in [3.05, 3.63) is 48.4 Å².